The van der Waals surface area contributed by atoms with Crippen LogP contribution in [0.2, 0.25) is 0 Å². The fourth-order valence-electron chi connectivity index (χ4n) is 2.11. The minimum atomic E-state index is -3.72. The Balaban J connectivity index is 2.26. The van der Waals surface area contributed by atoms with Crippen LogP contribution in [0.1, 0.15) is 15.9 Å². The number of methoxy groups -OCH3 is 1. The van der Waals surface area contributed by atoms with Gasteiger partial charge in [0.1, 0.15) is 5.75 Å². The molecule has 2 aromatic carbocycles. The summed E-state index contributed by atoms with van der Waals surface area (Å²) < 4.78 is 31.5. The van der Waals surface area contributed by atoms with E-state index in [0.717, 1.165) is 5.56 Å². The van der Waals surface area contributed by atoms with Gasteiger partial charge in [0.2, 0.25) is 10.0 Å². The molecule has 0 aliphatic heterocycles. The molecule has 2 aromatic rings. The van der Waals surface area contributed by atoms with Gasteiger partial charge in [-0.15, -0.1) is 0 Å². The fraction of sp³-hybridized carbons (Fsp3) is 0.188. The van der Waals surface area contributed by atoms with Gasteiger partial charge < -0.3 is 9.84 Å². The van der Waals surface area contributed by atoms with E-state index in [-0.39, 0.29) is 17.0 Å². The number of benzene rings is 2. The van der Waals surface area contributed by atoms with E-state index >= 15 is 0 Å². The lowest BCUT2D eigenvalue weighted by Crippen LogP contribution is -2.26. The highest BCUT2D eigenvalue weighted by atomic mass is 32.2. The smallest absolute Gasteiger partial charge is 0.335 e. The van der Waals surface area contributed by atoms with Crippen LogP contribution in [-0.2, 0) is 16.6 Å². The van der Waals surface area contributed by atoms with Gasteiger partial charge in [-0.3, -0.25) is 0 Å². The highest BCUT2D eigenvalue weighted by Gasteiger charge is 2.22. The summed E-state index contributed by atoms with van der Waals surface area (Å²) in [5, 5.41) is 8.87. The molecule has 0 saturated carbocycles. The Kier molecular flexibility index (Phi) is 5.02. The van der Waals surface area contributed by atoms with Crippen molar-refractivity contribution in [2.24, 2.45) is 0 Å². The van der Waals surface area contributed by atoms with Gasteiger partial charge >= 0.3 is 5.97 Å². The Bertz CT molecular complexity index is 799. The highest BCUT2D eigenvalue weighted by molar-refractivity contribution is 7.89. The van der Waals surface area contributed by atoms with E-state index < -0.39 is 16.0 Å². The average Bonchev–Trinajstić information content (AvgIpc) is 2.55. The Morgan fingerprint density at radius 1 is 1.13 bits per heavy atom. The Morgan fingerprint density at radius 2 is 1.74 bits per heavy atom. The zero-order valence-corrected chi connectivity index (χ0v) is 13.6. The molecule has 0 amide bonds. The van der Waals surface area contributed by atoms with Gasteiger partial charge in [0.05, 0.1) is 17.6 Å². The molecule has 0 saturated heterocycles. The summed E-state index contributed by atoms with van der Waals surface area (Å²) in [5.41, 5.74) is 0.777. The second kappa shape index (κ2) is 6.80. The minimum Gasteiger partial charge on any atom is -0.496 e. The molecule has 23 heavy (non-hydrogen) atoms. The lowest BCUT2D eigenvalue weighted by atomic mass is 10.2. The molecule has 122 valence electrons. The molecule has 6 nitrogen and oxygen atoms in total. The van der Waals surface area contributed by atoms with E-state index in [1.807, 2.05) is 6.07 Å². The summed E-state index contributed by atoms with van der Waals surface area (Å²) in [4.78, 5) is 10.9. The number of carboxylic acid groups (broad SMARTS) is 1. The molecular formula is C16H17NO5S. The van der Waals surface area contributed by atoms with E-state index in [0.29, 0.717) is 5.75 Å². The van der Waals surface area contributed by atoms with Crippen molar-refractivity contribution in [3.8, 4) is 5.75 Å². The van der Waals surface area contributed by atoms with E-state index in [2.05, 4.69) is 0 Å². The zero-order valence-electron chi connectivity index (χ0n) is 12.8. The molecule has 2 rings (SSSR count). The number of aromatic carboxylic acids is 1. The van der Waals surface area contributed by atoms with Crippen LogP contribution >= 0.6 is 0 Å². The molecule has 0 aliphatic carbocycles. The molecule has 7 heteroatoms. The first kappa shape index (κ1) is 17.0. The number of nitrogens with zero attached hydrogens (tertiary/aromatic N) is 1. The van der Waals surface area contributed by atoms with Crippen molar-refractivity contribution >= 4 is 16.0 Å². The number of para-hydroxylation sites is 1. The normalized spacial score (nSPS) is 11.4. The first-order valence-electron chi connectivity index (χ1n) is 6.78. The molecule has 0 fully saturated rings. The van der Waals surface area contributed by atoms with Crippen LogP contribution in [0.5, 0.6) is 5.75 Å². The van der Waals surface area contributed by atoms with Crippen LogP contribution in [0.3, 0.4) is 0 Å². The maximum atomic E-state index is 12.6. The summed E-state index contributed by atoms with van der Waals surface area (Å²) >= 11 is 0. The number of rotatable bonds is 6. The molecule has 0 heterocycles. The standard InChI is InChI=1S/C16H17NO5S/c1-17(11-13-5-3-4-6-15(13)22-2)23(20,21)14-9-7-12(8-10-14)16(18)19/h3-10H,11H2,1-2H3,(H,18,19). The third-order valence-corrected chi connectivity index (χ3v) is 5.21. The highest BCUT2D eigenvalue weighted by Crippen LogP contribution is 2.22. The van der Waals surface area contributed by atoms with Crippen LogP contribution in [-0.4, -0.2) is 38.0 Å². The molecule has 0 aromatic heterocycles. The van der Waals surface area contributed by atoms with Crippen LogP contribution in [0.4, 0.5) is 0 Å². The second-order valence-electron chi connectivity index (χ2n) is 4.90. The molecule has 0 bridgehead atoms. The maximum Gasteiger partial charge on any atom is 0.335 e. The molecule has 0 aliphatic rings. The number of hydrogen-bond donors (Lipinski definition) is 1. The number of sulfonamides is 1. The quantitative estimate of drug-likeness (QED) is 0.875. The van der Waals surface area contributed by atoms with E-state index in [4.69, 9.17) is 9.84 Å². The van der Waals surface area contributed by atoms with Crippen molar-refractivity contribution in [1.29, 1.82) is 0 Å². The lowest BCUT2D eigenvalue weighted by molar-refractivity contribution is 0.0696. The van der Waals surface area contributed by atoms with Gasteiger partial charge in [-0.05, 0) is 30.3 Å². The SMILES string of the molecule is COc1ccccc1CN(C)S(=O)(=O)c1ccc(C(=O)O)cc1. The van der Waals surface area contributed by atoms with Crippen molar-refractivity contribution in [3.63, 3.8) is 0 Å². The van der Waals surface area contributed by atoms with Gasteiger partial charge in [0.25, 0.3) is 0 Å². The van der Waals surface area contributed by atoms with Crippen molar-refractivity contribution in [2.45, 2.75) is 11.4 Å². The number of carbonyl (C=O) groups is 1. The van der Waals surface area contributed by atoms with Crippen molar-refractivity contribution in [2.75, 3.05) is 14.2 Å². The van der Waals surface area contributed by atoms with Crippen LogP contribution < -0.4 is 4.74 Å². The topological polar surface area (TPSA) is 83.9 Å². The molecule has 0 spiro atoms. The predicted molar refractivity (Wildman–Crippen MR) is 85.0 cm³/mol. The maximum absolute atomic E-state index is 12.6. The van der Waals surface area contributed by atoms with E-state index in [1.54, 1.807) is 18.2 Å². The van der Waals surface area contributed by atoms with E-state index in [9.17, 15) is 13.2 Å². The van der Waals surface area contributed by atoms with Gasteiger partial charge in [-0.25, -0.2) is 13.2 Å². The number of ether oxygens (including phenoxy) is 1. The largest absolute Gasteiger partial charge is 0.496 e. The summed E-state index contributed by atoms with van der Waals surface area (Å²) in [5.74, 6) is -0.493. The third kappa shape index (κ3) is 3.69. The van der Waals surface area contributed by atoms with Gasteiger partial charge in [0, 0.05) is 19.2 Å². The zero-order chi connectivity index (χ0) is 17.0. The van der Waals surface area contributed by atoms with Crippen molar-refractivity contribution in [1.82, 2.24) is 4.31 Å². The van der Waals surface area contributed by atoms with Crippen LogP contribution in [0, 0.1) is 0 Å². The summed E-state index contributed by atoms with van der Waals surface area (Å²) in [6.07, 6.45) is 0. The molecule has 0 atom stereocenters. The first-order valence-corrected chi connectivity index (χ1v) is 8.22. The van der Waals surface area contributed by atoms with Crippen LogP contribution in [0.25, 0.3) is 0 Å². The number of carboxylic acids is 1. The Hall–Kier alpha value is -2.38. The third-order valence-electron chi connectivity index (χ3n) is 3.39. The minimum absolute atomic E-state index is 0.0383. The number of hydrogen-bond acceptors (Lipinski definition) is 4. The fourth-order valence-corrected chi connectivity index (χ4v) is 3.26. The molecule has 1 N–H and O–H groups in total. The van der Waals surface area contributed by atoms with Gasteiger partial charge in [-0.2, -0.15) is 4.31 Å². The van der Waals surface area contributed by atoms with Crippen molar-refractivity contribution in [3.05, 3.63) is 59.7 Å². The van der Waals surface area contributed by atoms with Crippen LogP contribution in [0.15, 0.2) is 53.4 Å². The second-order valence-corrected chi connectivity index (χ2v) is 6.95. The summed E-state index contributed by atoms with van der Waals surface area (Å²) in [6, 6.07) is 12.3. The molecule has 0 unspecified atom stereocenters. The van der Waals surface area contributed by atoms with Gasteiger partial charge in [-0.1, -0.05) is 18.2 Å². The lowest BCUT2D eigenvalue weighted by Gasteiger charge is -2.18. The predicted octanol–water partition coefficient (Wildman–Crippen LogP) is 2.21. The summed E-state index contributed by atoms with van der Waals surface area (Å²) in [6.45, 7) is 0.146. The van der Waals surface area contributed by atoms with Crippen molar-refractivity contribution < 1.29 is 23.1 Å². The monoisotopic (exact) mass is 335 g/mol. The van der Waals surface area contributed by atoms with Gasteiger partial charge in [0.15, 0.2) is 0 Å². The molecule has 0 radical (unpaired) electrons. The average molecular weight is 335 g/mol. The molecular weight excluding hydrogens is 318 g/mol. The Labute approximate surface area is 135 Å². The Morgan fingerprint density at radius 3 is 2.30 bits per heavy atom. The first-order chi connectivity index (χ1) is 10.9. The summed E-state index contributed by atoms with van der Waals surface area (Å²) in [7, 11) is -0.729. The van der Waals surface area contributed by atoms with E-state index in [1.165, 1.54) is 42.7 Å².